The molecule has 0 spiro atoms. The lowest BCUT2D eigenvalue weighted by Crippen LogP contribution is -2.40. The SMILES string of the molecule is Cc1ccnc([C@@H]2CCCCN2CC(N)=O)n1. The van der Waals surface area contributed by atoms with E-state index < -0.39 is 0 Å². The van der Waals surface area contributed by atoms with Crippen molar-refractivity contribution in [2.75, 3.05) is 13.1 Å². The van der Waals surface area contributed by atoms with Crippen molar-refractivity contribution in [3.05, 3.63) is 23.8 Å². The number of piperidine rings is 1. The number of carbonyl (C=O) groups excluding carboxylic acids is 1. The summed E-state index contributed by atoms with van der Waals surface area (Å²) >= 11 is 0. The first-order valence-electron chi connectivity index (χ1n) is 5.98. The van der Waals surface area contributed by atoms with Gasteiger partial charge in [-0.3, -0.25) is 9.69 Å². The second kappa shape index (κ2) is 5.23. The Morgan fingerprint density at radius 2 is 2.41 bits per heavy atom. The van der Waals surface area contributed by atoms with Gasteiger partial charge in [0, 0.05) is 11.9 Å². The minimum Gasteiger partial charge on any atom is -0.369 e. The third-order valence-corrected chi connectivity index (χ3v) is 3.08. The highest BCUT2D eigenvalue weighted by molar-refractivity contribution is 5.76. The fourth-order valence-electron chi connectivity index (χ4n) is 2.30. The molecule has 1 amide bonds. The van der Waals surface area contributed by atoms with Crippen molar-refractivity contribution < 1.29 is 4.79 Å². The van der Waals surface area contributed by atoms with Crippen molar-refractivity contribution in [3.8, 4) is 0 Å². The number of nitrogens with two attached hydrogens (primary N) is 1. The molecule has 0 aliphatic carbocycles. The van der Waals surface area contributed by atoms with Crippen molar-refractivity contribution in [3.63, 3.8) is 0 Å². The molecule has 5 nitrogen and oxygen atoms in total. The number of likely N-dealkylation sites (tertiary alicyclic amines) is 1. The van der Waals surface area contributed by atoms with E-state index in [1.54, 1.807) is 6.20 Å². The molecule has 1 atom stereocenters. The molecule has 5 heteroatoms. The van der Waals surface area contributed by atoms with Crippen LogP contribution in [0.25, 0.3) is 0 Å². The summed E-state index contributed by atoms with van der Waals surface area (Å²) < 4.78 is 0. The van der Waals surface area contributed by atoms with Crippen LogP contribution in [0.3, 0.4) is 0 Å². The van der Waals surface area contributed by atoms with Gasteiger partial charge in [-0.25, -0.2) is 9.97 Å². The van der Waals surface area contributed by atoms with E-state index in [-0.39, 0.29) is 11.9 Å². The van der Waals surface area contributed by atoms with Crippen LogP contribution in [0.2, 0.25) is 0 Å². The minimum atomic E-state index is -0.287. The Morgan fingerprint density at radius 3 is 3.12 bits per heavy atom. The molecule has 1 saturated heterocycles. The monoisotopic (exact) mass is 234 g/mol. The fraction of sp³-hybridized carbons (Fsp3) is 0.583. The molecule has 17 heavy (non-hydrogen) atoms. The number of nitrogens with zero attached hydrogens (tertiary/aromatic N) is 3. The van der Waals surface area contributed by atoms with Gasteiger partial charge >= 0.3 is 0 Å². The van der Waals surface area contributed by atoms with Crippen molar-refractivity contribution in [1.82, 2.24) is 14.9 Å². The number of carbonyl (C=O) groups is 1. The van der Waals surface area contributed by atoms with Gasteiger partial charge in [-0.05, 0) is 32.4 Å². The van der Waals surface area contributed by atoms with Gasteiger partial charge in [0.15, 0.2) is 0 Å². The molecule has 1 aromatic rings. The molecule has 1 fully saturated rings. The number of aryl methyl sites for hydroxylation is 1. The summed E-state index contributed by atoms with van der Waals surface area (Å²) in [7, 11) is 0. The van der Waals surface area contributed by atoms with Gasteiger partial charge in [-0.2, -0.15) is 0 Å². The summed E-state index contributed by atoms with van der Waals surface area (Å²) in [5.74, 6) is 0.524. The Morgan fingerprint density at radius 1 is 1.59 bits per heavy atom. The third-order valence-electron chi connectivity index (χ3n) is 3.08. The van der Waals surface area contributed by atoms with Gasteiger partial charge < -0.3 is 5.73 Å². The summed E-state index contributed by atoms with van der Waals surface area (Å²) in [6.45, 7) is 3.14. The molecule has 2 N–H and O–H groups in total. The molecule has 0 aromatic carbocycles. The van der Waals surface area contributed by atoms with E-state index in [2.05, 4.69) is 14.9 Å². The highest BCUT2D eigenvalue weighted by atomic mass is 16.1. The van der Waals surface area contributed by atoms with E-state index in [0.717, 1.165) is 37.3 Å². The van der Waals surface area contributed by atoms with Crippen LogP contribution in [0, 0.1) is 6.92 Å². The number of aromatic nitrogens is 2. The van der Waals surface area contributed by atoms with E-state index in [1.807, 2.05) is 13.0 Å². The zero-order chi connectivity index (χ0) is 12.3. The average molecular weight is 234 g/mol. The van der Waals surface area contributed by atoms with Crippen LogP contribution in [-0.2, 0) is 4.79 Å². The standard InChI is InChI=1S/C12H18N4O/c1-9-5-6-14-12(15-9)10-4-2-3-7-16(10)8-11(13)17/h5-6,10H,2-4,7-8H2,1H3,(H2,13,17)/t10-/m0/s1. The van der Waals surface area contributed by atoms with E-state index in [4.69, 9.17) is 5.73 Å². The smallest absolute Gasteiger partial charge is 0.231 e. The molecule has 92 valence electrons. The summed E-state index contributed by atoms with van der Waals surface area (Å²) in [4.78, 5) is 21.9. The van der Waals surface area contributed by atoms with E-state index in [1.165, 1.54) is 0 Å². The summed E-state index contributed by atoms with van der Waals surface area (Å²) in [5, 5.41) is 0. The van der Waals surface area contributed by atoms with Crippen LogP contribution in [0.15, 0.2) is 12.3 Å². The lowest BCUT2D eigenvalue weighted by molar-refractivity contribution is -0.120. The highest BCUT2D eigenvalue weighted by Crippen LogP contribution is 2.28. The minimum absolute atomic E-state index is 0.135. The highest BCUT2D eigenvalue weighted by Gasteiger charge is 2.26. The molecule has 0 bridgehead atoms. The van der Waals surface area contributed by atoms with Crippen molar-refractivity contribution in [1.29, 1.82) is 0 Å². The molecular weight excluding hydrogens is 216 g/mol. The first-order valence-corrected chi connectivity index (χ1v) is 5.98. The summed E-state index contributed by atoms with van der Waals surface area (Å²) in [6.07, 6.45) is 5.03. The lowest BCUT2D eigenvalue weighted by atomic mass is 10.0. The zero-order valence-electron chi connectivity index (χ0n) is 10.1. The Balaban J connectivity index is 2.18. The van der Waals surface area contributed by atoms with Crippen LogP contribution in [-0.4, -0.2) is 33.9 Å². The second-order valence-corrected chi connectivity index (χ2v) is 4.50. The van der Waals surface area contributed by atoms with Gasteiger partial charge in [0.05, 0.1) is 12.6 Å². The maximum atomic E-state index is 11.1. The van der Waals surface area contributed by atoms with Crippen molar-refractivity contribution >= 4 is 5.91 Å². The maximum Gasteiger partial charge on any atom is 0.231 e. The van der Waals surface area contributed by atoms with E-state index >= 15 is 0 Å². The maximum absolute atomic E-state index is 11.1. The molecule has 2 rings (SSSR count). The number of rotatable bonds is 3. The van der Waals surface area contributed by atoms with Crippen LogP contribution in [0.5, 0.6) is 0 Å². The molecule has 1 aliphatic heterocycles. The van der Waals surface area contributed by atoms with Crippen molar-refractivity contribution in [2.45, 2.75) is 32.2 Å². The van der Waals surface area contributed by atoms with E-state index in [9.17, 15) is 4.79 Å². The normalized spacial score (nSPS) is 21.4. The fourth-order valence-corrected chi connectivity index (χ4v) is 2.30. The molecule has 1 aromatic heterocycles. The predicted molar refractivity (Wildman–Crippen MR) is 64.1 cm³/mol. The quantitative estimate of drug-likeness (QED) is 0.839. The molecule has 0 unspecified atom stereocenters. The summed E-state index contributed by atoms with van der Waals surface area (Å²) in [6, 6.07) is 2.02. The third kappa shape index (κ3) is 3.00. The Labute approximate surface area is 101 Å². The average Bonchev–Trinajstić information content (AvgIpc) is 2.29. The van der Waals surface area contributed by atoms with Gasteiger partial charge in [-0.1, -0.05) is 6.42 Å². The number of hydrogen-bond acceptors (Lipinski definition) is 4. The number of hydrogen-bond donors (Lipinski definition) is 1. The number of amides is 1. The zero-order valence-corrected chi connectivity index (χ0v) is 10.1. The lowest BCUT2D eigenvalue weighted by Gasteiger charge is -2.33. The molecular formula is C12H18N4O. The Bertz CT molecular complexity index is 407. The topological polar surface area (TPSA) is 72.1 Å². The summed E-state index contributed by atoms with van der Waals surface area (Å²) in [5.41, 5.74) is 6.23. The number of primary amides is 1. The Kier molecular flexibility index (Phi) is 3.68. The first-order chi connectivity index (χ1) is 8.16. The predicted octanol–water partition coefficient (Wildman–Crippen LogP) is 0.797. The van der Waals surface area contributed by atoms with Crippen molar-refractivity contribution in [2.24, 2.45) is 5.73 Å². The van der Waals surface area contributed by atoms with Crippen LogP contribution >= 0.6 is 0 Å². The molecule has 1 aliphatic rings. The van der Waals surface area contributed by atoms with Gasteiger partial charge in [0.1, 0.15) is 5.82 Å². The van der Waals surface area contributed by atoms with Crippen LogP contribution < -0.4 is 5.73 Å². The van der Waals surface area contributed by atoms with Gasteiger partial charge in [0.2, 0.25) is 5.91 Å². The Hall–Kier alpha value is -1.49. The van der Waals surface area contributed by atoms with Gasteiger partial charge in [-0.15, -0.1) is 0 Å². The molecule has 0 saturated carbocycles. The first kappa shape index (κ1) is 12.0. The van der Waals surface area contributed by atoms with Crippen LogP contribution in [0.4, 0.5) is 0 Å². The largest absolute Gasteiger partial charge is 0.369 e. The molecule has 2 heterocycles. The second-order valence-electron chi connectivity index (χ2n) is 4.50. The van der Waals surface area contributed by atoms with Gasteiger partial charge in [0.25, 0.3) is 0 Å². The van der Waals surface area contributed by atoms with E-state index in [0.29, 0.717) is 6.54 Å². The molecule has 0 radical (unpaired) electrons. The van der Waals surface area contributed by atoms with Crippen LogP contribution in [0.1, 0.15) is 36.8 Å².